The molecule has 0 aliphatic carbocycles. The topological polar surface area (TPSA) is 49.3 Å². The summed E-state index contributed by atoms with van der Waals surface area (Å²) < 4.78 is 50.0. The predicted octanol–water partition coefficient (Wildman–Crippen LogP) is 1.57. The molecular weight excluding hydrogens is 230 g/mol. The van der Waals surface area contributed by atoms with Crippen molar-refractivity contribution < 1.29 is 27.6 Å². The van der Waals surface area contributed by atoms with Crippen molar-refractivity contribution in [3.05, 3.63) is 35.1 Å². The first-order valence-electron chi connectivity index (χ1n) is 4.18. The van der Waals surface area contributed by atoms with E-state index in [9.17, 15) is 22.4 Å². The molecule has 0 radical (unpaired) electrons. The van der Waals surface area contributed by atoms with Crippen molar-refractivity contribution in [3.8, 4) is 0 Å². The van der Waals surface area contributed by atoms with Crippen LogP contribution in [0.5, 0.6) is 0 Å². The molecule has 1 aromatic rings. The molecule has 0 aliphatic heterocycles. The van der Waals surface area contributed by atoms with Crippen molar-refractivity contribution in [2.45, 2.75) is 12.5 Å². The Hall–Kier alpha value is -1.63. The van der Waals surface area contributed by atoms with Gasteiger partial charge >= 0.3 is 5.97 Å². The Morgan fingerprint density at radius 1 is 1.31 bits per heavy atom. The number of carbonyl (C=O) groups is 1. The SMILES string of the molecule is O=C(O)C(Cc1cc(F)c(F)c(F)c1)NF. The minimum Gasteiger partial charge on any atom is -0.480 e. The van der Waals surface area contributed by atoms with E-state index in [-0.39, 0.29) is 5.56 Å². The summed E-state index contributed by atoms with van der Waals surface area (Å²) in [6.45, 7) is 0. The fourth-order valence-corrected chi connectivity index (χ4v) is 1.13. The third-order valence-corrected chi connectivity index (χ3v) is 1.91. The van der Waals surface area contributed by atoms with Crippen LogP contribution in [0, 0.1) is 17.5 Å². The largest absolute Gasteiger partial charge is 0.480 e. The lowest BCUT2D eigenvalue weighted by Gasteiger charge is -2.09. The summed E-state index contributed by atoms with van der Waals surface area (Å²) in [5.74, 6) is -6.06. The average molecular weight is 237 g/mol. The summed E-state index contributed by atoms with van der Waals surface area (Å²) in [4.78, 5) is 10.4. The minimum atomic E-state index is -1.65. The second-order valence-electron chi connectivity index (χ2n) is 3.08. The van der Waals surface area contributed by atoms with E-state index in [1.807, 2.05) is 0 Å². The molecule has 1 aromatic carbocycles. The van der Waals surface area contributed by atoms with Crippen molar-refractivity contribution in [1.29, 1.82) is 0 Å². The van der Waals surface area contributed by atoms with Crippen LogP contribution in [-0.2, 0) is 11.2 Å². The quantitative estimate of drug-likeness (QED) is 0.474. The molecule has 2 N–H and O–H groups in total. The molecule has 7 heteroatoms. The number of benzene rings is 1. The van der Waals surface area contributed by atoms with Crippen LogP contribution in [0.25, 0.3) is 0 Å². The monoisotopic (exact) mass is 237 g/mol. The van der Waals surface area contributed by atoms with Crippen LogP contribution >= 0.6 is 0 Å². The molecule has 0 fully saturated rings. The first kappa shape index (κ1) is 12.4. The molecule has 1 rings (SSSR count). The van der Waals surface area contributed by atoms with Crippen LogP contribution in [-0.4, -0.2) is 17.1 Å². The summed E-state index contributed by atoms with van der Waals surface area (Å²) in [7, 11) is 0. The summed E-state index contributed by atoms with van der Waals surface area (Å²) in [6.07, 6.45) is -0.500. The second kappa shape index (κ2) is 4.93. The number of hydrogen-bond acceptors (Lipinski definition) is 2. The molecule has 0 saturated heterocycles. The molecule has 3 nitrogen and oxygen atoms in total. The van der Waals surface area contributed by atoms with E-state index in [2.05, 4.69) is 0 Å². The summed E-state index contributed by atoms with van der Waals surface area (Å²) in [6, 6.07) is -0.401. The Balaban J connectivity index is 2.93. The normalized spacial score (nSPS) is 12.5. The van der Waals surface area contributed by atoms with Gasteiger partial charge in [0.25, 0.3) is 0 Å². The van der Waals surface area contributed by atoms with Crippen molar-refractivity contribution in [2.75, 3.05) is 0 Å². The third kappa shape index (κ3) is 2.69. The molecule has 1 atom stereocenters. The molecule has 0 heterocycles. The standard InChI is InChI=1S/C9H7F4NO2/c10-5-1-4(2-6(11)8(5)12)3-7(14-13)9(15)16/h1-2,7,14H,3H2,(H,15,16). The highest BCUT2D eigenvalue weighted by Crippen LogP contribution is 2.15. The highest BCUT2D eigenvalue weighted by atomic mass is 19.2. The summed E-state index contributed by atoms with van der Waals surface area (Å²) >= 11 is 0. The molecular formula is C9H7F4NO2. The van der Waals surface area contributed by atoms with Gasteiger partial charge in [-0.15, -0.1) is 10.0 Å². The van der Waals surface area contributed by atoms with Crippen LogP contribution in [0.3, 0.4) is 0 Å². The smallest absolute Gasteiger partial charge is 0.323 e. The molecule has 16 heavy (non-hydrogen) atoms. The van der Waals surface area contributed by atoms with Crippen molar-refractivity contribution in [1.82, 2.24) is 5.54 Å². The highest BCUT2D eigenvalue weighted by molar-refractivity contribution is 5.73. The Morgan fingerprint density at radius 2 is 1.81 bits per heavy atom. The van der Waals surface area contributed by atoms with Crippen LogP contribution in [0.1, 0.15) is 5.56 Å². The van der Waals surface area contributed by atoms with Crippen LogP contribution in [0.2, 0.25) is 0 Å². The zero-order valence-corrected chi connectivity index (χ0v) is 7.81. The fourth-order valence-electron chi connectivity index (χ4n) is 1.13. The highest BCUT2D eigenvalue weighted by Gasteiger charge is 2.19. The molecule has 0 bridgehead atoms. The first-order valence-corrected chi connectivity index (χ1v) is 4.18. The maximum Gasteiger partial charge on any atom is 0.323 e. The lowest BCUT2D eigenvalue weighted by Crippen LogP contribution is -2.33. The first-order chi connectivity index (χ1) is 7.45. The van der Waals surface area contributed by atoms with Gasteiger partial charge in [-0.25, -0.2) is 13.2 Å². The van der Waals surface area contributed by atoms with E-state index < -0.39 is 35.9 Å². The van der Waals surface area contributed by atoms with Gasteiger partial charge in [-0.1, -0.05) is 0 Å². The van der Waals surface area contributed by atoms with E-state index >= 15 is 0 Å². The van der Waals surface area contributed by atoms with Crippen LogP contribution in [0.15, 0.2) is 12.1 Å². The molecule has 0 saturated carbocycles. The van der Waals surface area contributed by atoms with Gasteiger partial charge in [0, 0.05) is 6.42 Å². The Kier molecular flexibility index (Phi) is 3.83. The lowest BCUT2D eigenvalue weighted by molar-refractivity contribution is -0.140. The molecule has 0 spiro atoms. The van der Waals surface area contributed by atoms with Crippen LogP contribution < -0.4 is 5.54 Å². The number of aliphatic carboxylic acids is 1. The van der Waals surface area contributed by atoms with Gasteiger partial charge in [0.2, 0.25) is 0 Å². The van der Waals surface area contributed by atoms with Crippen molar-refractivity contribution >= 4 is 5.97 Å². The van der Waals surface area contributed by atoms with E-state index in [1.54, 1.807) is 0 Å². The number of hydrogen-bond donors (Lipinski definition) is 2. The molecule has 88 valence electrons. The van der Waals surface area contributed by atoms with E-state index in [0.717, 1.165) is 5.54 Å². The Labute approximate surface area is 87.6 Å². The zero-order valence-electron chi connectivity index (χ0n) is 7.81. The van der Waals surface area contributed by atoms with Crippen molar-refractivity contribution in [2.24, 2.45) is 0 Å². The average Bonchev–Trinajstić information content (AvgIpc) is 2.21. The van der Waals surface area contributed by atoms with Crippen LogP contribution in [0.4, 0.5) is 17.7 Å². The molecule has 0 aliphatic rings. The zero-order chi connectivity index (χ0) is 12.3. The Bertz CT molecular complexity index is 387. The maximum absolute atomic E-state index is 12.7. The molecule has 0 amide bonds. The maximum atomic E-state index is 12.7. The molecule has 0 aromatic heterocycles. The number of carboxylic acid groups (broad SMARTS) is 1. The predicted molar refractivity (Wildman–Crippen MR) is 45.7 cm³/mol. The van der Waals surface area contributed by atoms with E-state index in [0.29, 0.717) is 12.1 Å². The van der Waals surface area contributed by atoms with E-state index in [1.165, 1.54) is 0 Å². The van der Waals surface area contributed by atoms with Crippen molar-refractivity contribution in [3.63, 3.8) is 0 Å². The fraction of sp³-hybridized carbons (Fsp3) is 0.222. The minimum absolute atomic E-state index is 0.158. The lowest BCUT2D eigenvalue weighted by atomic mass is 10.1. The summed E-state index contributed by atoms with van der Waals surface area (Å²) in [5, 5.41) is 8.46. The van der Waals surface area contributed by atoms with E-state index in [4.69, 9.17) is 5.11 Å². The van der Waals surface area contributed by atoms with Gasteiger partial charge in [0.05, 0.1) is 0 Å². The Morgan fingerprint density at radius 3 is 2.19 bits per heavy atom. The van der Waals surface area contributed by atoms with Gasteiger partial charge in [-0.3, -0.25) is 4.79 Å². The number of nitrogens with one attached hydrogen (secondary N) is 1. The number of rotatable bonds is 4. The molecule has 1 unspecified atom stereocenters. The number of carboxylic acids is 1. The van der Waals surface area contributed by atoms with Gasteiger partial charge in [-0.2, -0.15) is 0 Å². The summed E-state index contributed by atoms with van der Waals surface area (Å²) in [5.41, 5.74) is 0.807. The van der Waals surface area contributed by atoms with Gasteiger partial charge in [0.15, 0.2) is 17.5 Å². The van der Waals surface area contributed by atoms with Gasteiger partial charge < -0.3 is 5.11 Å². The van der Waals surface area contributed by atoms with Gasteiger partial charge in [-0.05, 0) is 17.7 Å². The number of halogens is 4. The second-order valence-corrected chi connectivity index (χ2v) is 3.08. The third-order valence-electron chi connectivity index (χ3n) is 1.91. The van der Waals surface area contributed by atoms with Gasteiger partial charge in [0.1, 0.15) is 6.04 Å².